The van der Waals surface area contributed by atoms with E-state index in [0.717, 1.165) is 39.0 Å². The smallest absolute Gasteiger partial charge is 0.166 e. The van der Waals surface area contributed by atoms with Gasteiger partial charge in [0.05, 0.1) is 16.7 Å². The summed E-state index contributed by atoms with van der Waals surface area (Å²) >= 11 is 1.85. The van der Waals surface area contributed by atoms with E-state index in [1.54, 1.807) is 0 Å². The summed E-state index contributed by atoms with van der Waals surface area (Å²) in [5.74, 6) is 1.88. The molecule has 0 saturated carbocycles. The highest BCUT2D eigenvalue weighted by molar-refractivity contribution is 7.26. The molecule has 8 aromatic carbocycles. The molecular weight excluding hydrogens is 701 g/mol. The molecule has 4 nitrogen and oxygen atoms in total. The van der Waals surface area contributed by atoms with Crippen LogP contribution in [0.3, 0.4) is 0 Å². The van der Waals surface area contributed by atoms with Gasteiger partial charge in [-0.1, -0.05) is 152 Å². The second-order valence-corrected chi connectivity index (χ2v) is 15.1. The van der Waals surface area contributed by atoms with Gasteiger partial charge < -0.3 is 4.57 Å². The summed E-state index contributed by atoms with van der Waals surface area (Å²) in [6, 6.07) is 68.5. The Hall–Kier alpha value is -7.21. The fourth-order valence-electron chi connectivity index (χ4n) is 8.04. The first-order chi connectivity index (χ1) is 27.8. The maximum atomic E-state index is 5.23. The summed E-state index contributed by atoms with van der Waals surface area (Å²) in [5.41, 5.74) is 10.8. The van der Waals surface area contributed by atoms with E-state index in [0.29, 0.717) is 17.5 Å². The van der Waals surface area contributed by atoms with Crippen molar-refractivity contribution >= 4 is 53.3 Å². The molecule has 0 bridgehead atoms. The van der Waals surface area contributed by atoms with Crippen molar-refractivity contribution in [1.29, 1.82) is 0 Å². The number of aromatic nitrogens is 4. The molecule has 3 aromatic heterocycles. The van der Waals surface area contributed by atoms with Crippen molar-refractivity contribution in [3.63, 3.8) is 0 Å². The zero-order chi connectivity index (χ0) is 37.0. The summed E-state index contributed by atoms with van der Waals surface area (Å²) in [7, 11) is 0. The molecule has 5 heteroatoms. The van der Waals surface area contributed by atoms with Gasteiger partial charge in [-0.2, -0.15) is 0 Å². The Morgan fingerprint density at radius 1 is 0.339 bits per heavy atom. The maximum Gasteiger partial charge on any atom is 0.166 e. The van der Waals surface area contributed by atoms with Crippen LogP contribution < -0.4 is 0 Å². The molecule has 56 heavy (non-hydrogen) atoms. The minimum Gasteiger partial charge on any atom is -0.308 e. The third kappa shape index (κ3) is 5.40. The molecule has 0 radical (unpaired) electrons. The Kier molecular flexibility index (Phi) is 7.64. The highest BCUT2D eigenvalue weighted by atomic mass is 32.1. The first-order valence-corrected chi connectivity index (χ1v) is 19.6. The van der Waals surface area contributed by atoms with Crippen molar-refractivity contribution in [2.24, 2.45) is 0 Å². The molecule has 0 saturated heterocycles. The molecule has 262 valence electrons. The van der Waals surface area contributed by atoms with E-state index in [1.165, 1.54) is 47.6 Å². The van der Waals surface area contributed by atoms with Gasteiger partial charge in [-0.3, -0.25) is 0 Å². The van der Waals surface area contributed by atoms with E-state index >= 15 is 0 Å². The standard InChI is InChI=1S/C51H32N4S/c1-4-14-33(15-5-1)35-24-26-37(27-25-35)50-52-49(36-18-8-3-9-19-36)53-51(54-50)39-20-10-12-22-42(39)55-43-29-28-38(34-16-6-2-7-17-34)32-41(43)47-44(55)30-31-46-48(47)40-21-11-13-23-45(40)56-46/h1-32H. The summed E-state index contributed by atoms with van der Waals surface area (Å²) in [5, 5.41) is 5.04. The van der Waals surface area contributed by atoms with E-state index in [2.05, 4.69) is 174 Å². The number of fused-ring (bicyclic) bond motifs is 7. The summed E-state index contributed by atoms with van der Waals surface area (Å²) in [6.45, 7) is 0. The molecule has 0 unspecified atom stereocenters. The second kappa shape index (κ2) is 13.3. The van der Waals surface area contributed by atoms with Gasteiger partial charge >= 0.3 is 0 Å². The lowest BCUT2D eigenvalue weighted by molar-refractivity contribution is 1.06. The predicted octanol–water partition coefficient (Wildman–Crippen LogP) is 13.7. The third-order valence-electron chi connectivity index (χ3n) is 10.7. The Bertz CT molecular complexity index is 3220. The van der Waals surface area contributed by atoms with Crippen molar-refractivity contribution in [2.45, 2.75) is 0 Å². The fourth-order valence-corrected chi connectivity index (χ4v) is 9.15. The van der Waals surface area contributed by atoms with Gasteiger partial charge in [-0.15, -0.1) is 11.3 Å². The Balaban J connectivity index is 1.16. The summed E-state index contributed by atoms with van der Waals surface area (Å²) in [4.78, 5) is 15.5. The van der Waals surface area contributed by atoms with E-state index in [9.17, 15) is 0 Å². The summed E-state index contributed by atoms with van der Waals surface area (Å²) in [6.07, 6.45) is 0. The van der Waals surface area contributed by atoms with E-state index in [1.807, 2.05) is 35.6 Å². The van der Waals surface area contributed by atoms with Crippen molar-refractivity contribution in [3.05, 3.63) is 194 Å². The topological polar surface area (TPSA) is 43.6 Å². The van der Waals surface area contributed by atoms with Crippen molar-refractivity contribution < 1.29 is 0 Å². The average molecular weight is 733 g/mol. The SMILES string of the molecule is c1ccc(-c2ccc(-c3nc(-c4ccccc4)nc(-c4ccccc4-n4c5ccc(-c6ccccc6)cc5c5c6c(ccc54)sc4ccccc46)n3)cc2)cc1. The minimum absolute atomic E-state index is 0.620. The first kappa shape index (κ1) is 32.2. The second-order valence-electron chi connectivity index (χ2n) is 14.0. The largest absolute Gasteiger partial charge is 0.308 e. The zero-order valence-electron chi connectivity index (χ0n) is 30.2. The molecule has 0 aliphatic carbocycles. The van der Waals surface area contributed by atoms with Crippen LogP contribution in [-0.2, 0) is 0 Å². The predicted molar refractivity (Wildman–Crippen MR) is 234 cm³/mol. The fraction of sp³-hybridized carbons (Fsp3) is 0. The first-order valence-electron chi connectivity index (χ1n) is 18.8. The van der Waals surface area contributed by atoms with Crippen LogP contribution in [0.4, 0.5) is 0 Å². The Morgan fingerprint density at radius 3 is 1.59 bits per heavy atom. The molecule has 0 amide bonds. The van der Waals surface area contributed by atoms with E-state index < -0.39 is 0 Å². The lowest BCUT2D eigenvalue weighted by Gasteiger charge is -2.15. The van der Waals surface area contributed by atoms with Gasteiger partial charge in [0.25, 0.3) is 0 Å². The quantitative estimate of drug-likeness (QED) is 0.171. The van der Waals surface area contributed by atoms with Crippen molar-refractivity contribution in [3.8, 4) is 62.1 Å². The number of hydrogen-bond acceptors (Lipinski definition) is 4. The monoisotopic (exact) mass is 732 g/mol. The molecule has 11 rings (SSSR count). The Morgan fingerprint density at radius 2 is 0.857 bits per heavy atom. The number of benzene rings is 8. The molecular formula is C51H32N4S. The van der Waals surface area contributed by atoms with Crippen LogP contribution in [0.5, 0.6) is 0 Å². The zero-order valence-corrected chi connectivity index (χ0v) is 31.0. The van der Waals surface area contributed by atoms with Gasteiger partial charge in [-0.05, 0) is 64.7 Å². The van der Waals surface area contributed by atoms with Crippen LogP contribution in [0, 0.1) is 0 Å². The lowest BCUT2D eigenvalue weighted by atomic mass is 10.0. The number of hydrogen-bond donors (Lipinski definition) is 0. The van der Waals surface area contributed by atoms with Crippen LogP contribution in [0.25, 0.3) is 104 Å². The summed E-state index contributed by atoms with van der Waals surface area (Å²) < 4.78 is 4.98. The van der Waals surface area contributed by atoms with Gasteiger partial charge in [0.15, 0.2) is 17.5 Å². The van der Waals surface area contributed by atoms with E-state index in [4.69, 9.17) is 15.0 Å². The van der Waals surface area contributed by atoms with E-state index in [-0.39, 0.29) is 0 Å². The minimum atomic E-state index is 0.620. The van der Waals surface area contributed by atoms with Gasteiger partial charge in [0.2, 0.25) is 0 Å². The number of rotatable bonds is 6. The number of para-hydroxylation sites is 1. The highest BCUT2D eigenvalue weighted by Gasteiger charge is 2.22. The molecule has 0 aliphatic heterocycles. The molecule has 0 atom stereocenters. The molecule has 0 N–H and O–H groups in total. The molecule has 0 spiro atoms. The third-order valence-corrected chi connectivity index (χ3v) is 11.8. The maximum absolute atomic E-state index is 5.23. The van der Waals surface area contributed by atoms with Crippen molar-refractivity contribution in [1.82, 2.24) is 19.5 Å². The van der Waals surface area contributed by atoms with Crippen LogP contribution in [-0.4, -0.2) is 19.5 Å². The van der Waals surface area contributed by atoms with Gasteiger partial charge in [-0.25, -0.2) is 15.0 Å². The van der Waals surface area contributed by atoms with Crippen LogP contribution >= 0.6 is 11.3 Å². The number of nitrogens with zero attached hydrogens (tertiary/aromatic N) is 4. The van der Waals surface area contributed by atoms with Crippen molar-refractivity contribution in [2.75, 3.05) is 0 Å². The van der Waals surface area contributed by atoms with Gasteiger partial charge in [0.1, 0.15) is 0 Å². The molecule has 3 heterocycles. The molecule has 0 fully saturated rings. The molecule has 11 aromatic rings. The lowest BCUT2D eigenvalue weighted by Crippen LogP contribution is -2.03. The number of thiophene rings is 1. The van der Waals surface area contributed by atoms with Crippen LogP contribution in [0.1, 0.15) is 0 Å². The Labute approximate surface area is 327 Å². The van der Waals surface area contributed by atoms with Crippen LogP contribution in [0.2, 0.25) is 0 Å². The van der Waals surface area contributed by atoms with Gasteiger partial charge in [0, 0.05) is 47.6 Å². The molecule has 0 aliphatic rings. The normalized spacial score (nSPS) is 11.6. The highest BCUT2D eigenvalue weighted by Crippen LogP contribution is 2.45. The average Bonchev–Trinajstić information content (AvgIpc) is 3.82. The van der Waals surface area contributed by atoms with Crippen LogP contribution in [0.15, 0.2) is 194 Å².